The van der Waals surface area contributed by atoms with Crippen molar-refractivity contribution >= 4 is 23.8 Å². The minimum atomic E-state index is -1.01. The number of carboxylic acid groups (broad SMARTS) is 1. The van der Waals surface area contributed by atoms with Gasteiger partial charge in [0.25, 0.3) is 0 Å². The van der Waals surface area contributed by atoms with Gasteiger partial charge in [-0.1, -0.05) is 25.5 Å². The average Bonchev–Trinajstić information content (AvgIpc) is 2.36. The molecule has 108 valence electrons. The highest BCUT2D eigenvalue weighted by Crippen LogP contribution is 2.12. The maximum Gasteiger partial charge on any atom is 0.328 e. The van der Waals surface area contributed by atoms with E-state index in [2.05, 4.69) is 17.6 Å². The van der Waals surface area contributed by atoms with Gasteiger partial charge in [-0.3, -0.25) is 0 Å². The van der Waals surface area contributed by atoms with E-state index in [4.69, 9.17) is 5.11 Å². The molecule has 5 nitrogen and oxygen atoms in total. The molecule has 0 saturated heterocycles. The van der Waals surface area contributed by atoms with Gasteiger partial charge in [0.2, 0.25) is 0 Å². The third kappa shape index (κ3) is 6.04. The summed E-state index contributed by atoms with van der Waals surface area (Å²) in [6.07, 6.45) is 4.47. The van der Waals surface area contributed by atoms with E-state index < -0.39 is 5.97 Å². The molecule has 0 aliphatic carbocycles. The lowest BCUT2D eigenvalue weighted by Gasteiger charge is -2.13. The lowest BCUT2D eigenvalue weighted by atomic mass is 10.2. The number of nitrogens with one attached hydrogen (secondary N) is 2. The number of carbonyl (C=O) groups excluding carboxylic acids is 1. The van der Waals surface area contributed by atoms with Gasteiger partial charge in [-0.25, -0.2) is 9.59 Å². The Labute approximate surface area is 118 Å². The van der Waals surface area contributed by atoms with Gasteiger partial charge in [0.15, 0.2) is 0 Å². The molecule has 20 heavy (non-hydrogen) atoms. The maximum atomic E-state index is 11.7. The zero-order chi connectivity index (χ0) is 15.0. The zero-order valence-electron chi connectivity index (χ0n) is 11.7. The van der Waals surface area contributed by atoms with Crippen molar-refractivity contribution in [1.29, 1.82) is 0 Å². The number of urea groups is 1. The molecule has 0 radical (unpaired) electrons. The highest BCUT2D eigenvalue weighted by Gasteiger charge is 2.06. The summed E-state index contributed by atoms with van der Waals surface area (Å²) in [5.74, 6) is -1.01. The Morgan fingerprint density at radius 2 is 2.15 bits per heavy atom. The van der Waals surface area contributed by atoms with Crippen molar-refractivity contribution < 1.29 is 14.7 Å². The monoisotopic (exact) mass is 276 g/mol. The lowest BCUT2D eigenvalue weighted by Crippen LogP contribution is -2.35. The normalized spacial score (nSPS) is 12.1. The molecule has 0 fully saturated rings. The molecule has 0 spiro atoms. The molecule has 1 rings (SSSR count). The van der Waals surface area contributed by atoms with Crippen molar-refractivity contribution in [3.63, 3.8) is 0 Å². The number of carboxylic acids is 1. The van der Waals surface area contributed by atoms with Crippen LogP contribution in [0.3, 0.4) is 0 Å². The first-order valence-corrected chi connectivity index (χ1v) is 6.60. The first-order valence-electron chi connectivity index (χ1n) is 6.60. The van der Waals surface area contributed by atoms with Crippen LogP contribution in [0.4, 0.5) is 10.5 Å². The van der Waals surface area contributed by atoms with Gasteiger partial charge in [-0.15, -0.1) is 0 Å². The number of amides is 2. The summed E-state index contributed by atoms with van der Waals surface area (Å²) in [5, 5.41) is 14.1. The summed E-state index contributed by atoms with van der Waals surface area (Å²) in [5.41, 5.74) is 1.34. The van der Waals surface area contributed by atoms with Gasteiger partial charge in [-0.2, -0.15) is 0 Å². The van der Waals surface area contributed by atoms with E-state index in [-0.39, 0.29) is 12.1 Å². The van der Waals surface area contributed by atoms with Crippen molar-refractivity contribution in [3.05, 3.63) is 35.9 Å². The second-order valence-corrected chi connectivity index (χ2v) is 4.59. The largest absolute Gasteiger partial charge is 0.478 e. The van der Waals surface area contributed by atoms with Gasteiger partial charge in [-0.05, 0) is 37.1 Å². The molecule has 0 bridgehead atoms. The summed E-state index contributed by atoms with van der Waals surface area (Å²) >= 11 is 0. The molecule has 0 saturated carbocycles. The number of rotatable bonds is 6. The Kier molecular flexibility index (Phi) is 6.29. The Morgan fingerprint density at radius 1 is 1.40 bits per heavy atom. The van der Waals surface area contributed by atoms with Crippen molar-refractivity contribution in [1.82, 2.24) is 5.32 Å². The van der Waals surface area contributed by atoms with Crippen LogP contribution in [0.2, 0.25) is 0 Å². The van der Waals surface area contributed by atoms with E-state index in [0.29, 0.717) is 11.3 Å². The van der Waals surface area contributed by atoms with Crippen molar-refractivity contribution in [2.75, 3.05) is 5.32 Å². The molecule has 1 atom stereocenters. The number of benzene rings is 1. The van der Waals surface area contributed by atoms with Gasteiger partial charge < -0.3 is 15.7 Å². The van der Waals surface area contributed by atoms with Crippen LogP contribution in [0.25, 0.3) is 6.08 Å². The Morgan fingerprint density at radius 3 is 2.80 bits per heavy atom. The molecular formula is C15H20N2O3. The Bertz CT molecular complexity index is 498. The number of hydrogen-bond acceptors (Lipinski definition) is 2. The molecule has 5 heteroatoms. The maximum absolute atomic E-state index is 11.7. The Hall–Kier alpha value is -2.30. The van der Waals surface area contributed by atoms with Crippen LogP contribution in [-0.4, -0.2) is 23.1 Å². The first kappa shape index (κ1) is 15.8. The fourth-order valence-electron chi connectivity index (χ4n) is 1.78. The van der Waals surface area contributed by atoms with Crippen LogP contribution in [0.5, 0.6) is 0 Å². The molecule has 0 aliphatic heterocycles. The standard InChI is InChI=1S/C15H20N2O3/c1-3-5-11(2)16-15(20)17-13-7-4-6-12(10-13)8-9-14(18)19/h4,6-11H,3,5H2,1-2H3,(H,18,19)(H2,16,17,20)/b9-8+. The van der Waals surface area contributed by atoms with Crippen LogP contribution in [0, 0.1) is 0 Å². The molecule has 0 aliphatic rings. The summed E-state index contributed by atoms with van der Waals surface area (Å²) in [4.78, 5) is 22.2. The van der Waals surface area contributed by atoms with E-state index in [0.717, 1.165) is 18.9 Å². The molecule has 1 aromatic carbocycles. The van der Waals surface area contributed by atoms with Gasteiger partial charge in [0, 0.05) is 17.8 Å². The third-order valence-corrected chi connectivity index (χ3v) is 2.66. The van der Waals surface area contributed by atoms with Crippen molar-refractivity contribution in [2.45, 2.75) is 32.7 Å². The van der Waals surface area contributed by atoms with Crippen LogP contribution < -0.4 is 10.6 Å². The molecule has 2 amide bonds. The smallest absolute Gasteiger partial charge is 0.328 e. The fraction of sp³-hybridized carbons (Fsp3) is 0.333. The van der Waals surface area contributed by atoms with Crippen LogP contribution in [0.1, 0.15) is 32.3 Å². The fourth-order valence-corrected chi connectivity index (χ4v) is 1.78. The molecule has 1 unspecified atom stereocenters. The first-order chi connectivity index (χ1) is 9.51. The highest BCUT2D eigenvalue weighted by atomic mass is 16.4. The van der Waals surface area contributed by atoms with Crippen molar-refractivity contribution in [2.24, 2.45) is 0 Å². The van der Waals surface area contributed by atoms with Gasteiger partial charge >= 0.3 is 12.0 Å². The third-order valence-electron chi connectivity index (χ3n) is 2.66. The predicted octanol–water partition coefficient (Wildman–Crippen LogP) is 3.09. The molecule has 0 aromatic heterocycles. The molecule has 1 aromatic rings. The molecule has 3 N–H and O–H groups in total. The summed E-state index contributed by atoms with van der Waals surface area (Å²) in [6.45, 7) is 4.02. The lowest BCUT2D eigenvalue weighted by molar-refractivity contribution is -0.131. The van der Waals surface area contributed by atoms with E-state index in [1.807, 2.05) is 6.92 Å². The molecule has 0 heterocycles. The second kappa shape index (κ2) is 7.99. The zero-order valence-corrected chi connectivity index (χ0v) is 11.7. The summed E-state index contributed by atoms with van der Waals surface area (Å²) < 4.78 is 0. The van der Waals surface area contributed by atoms with E-state index in [1.165, 1.54) is 6.08 Å². The minimum absolute atomic E-state index is 0.120. The number of aliphatic carboxylic acids is 1. The minimum Gasteiger partial charge on any atom is -0.478 e. The molecular weight excluding hydrogens is 256 g/mol. The number of carbonyl (C=O) groups is 2. The van der Waals surface area contributed by atoms with Crippen LogP contribution in [0.15, 0.2) is 30.3 Å². The SMILES string of the molecule is CCCC(C)NC(=O)Nc1cccc(/C=C/C(=O)O)c1. The number of hydrogen-bond donors (Lipinski definition) is 3. The second-order valence-electron chi connectivity index (χ2n) is 4.59. The highest BCUT2D eigenvalue weighted by molar-refractivity contribution is 5.90. The predicted molar refractivity (Wildman–Crippen MR) is 79.6 cm³/mol. The summed E-state index contributed by atoms with van der Waals surface area (Å²) in [7, 11) is 0. The van der Waals surface area contributed by atoms with Gasteiger partial charge in [0.05, 0.1) is 0 Å². The number of anilines is 1. The van der Waals surface area contributed by atoms with Gasteiger partial charge in [0.1, 0.15) is 0 Å². The summed E-state index contributed by atoms with van der Waals surface area (Å²) in [6, 6.07) is 6.85. The van der Waals surface area contributed by atoms with Crippen molar-refractivity contribution in [3.8, 4) is 0 Å². The average molecular weight is 276 g/mol. The van der Waals surface area contributed by atoms with Crippen LogP contribution >= 0.6 is 0 Å². The quantitative estimate of drug-likeness (QED) is 0.699. The topological polar surface area (TPSA) is 78.4 Å². The Balaban J connectivity index is 2.61. The van der Waals surface area contributed by atoms with E-state index >= 15 is 0 Å². The van der Waals surface area contributed by atoms with E-state index in [1.54, 1.807) is 24.3 Å². The van der Waals surface area contributed by atoms with E-state index in [9.17, 15) is 9.59 Å². The van der Waals surface area contributed by atoms with Crippen LogP contribution in [-0.2, 0) is 4.79 Å².